The highest BCUT2D eigenvalue weighted by Gasteiger charge is 2.40. The summed E-state index contributed by atoms with van der Waals surface area (Å²) in [7, 11) is 1.63. The number of hydrogen-bond donors (Lipinski definition) is 1. The Morgan fingerprint density at radius 1 is 1.14 bits per heavy atom. The molecule has 2 aromatic rings. The smallest absolute Gasteiger partial charge is 0.342 e. The largest absolute Gasteiger partial charge is 0.497 e. The number of ether oxygens (including phenoxy) is 2. The van der Waals surface area contributed by atoms with Gasteiger partial charge in [0.1, 0.15) is 11.9 Å². The van der Waals surface area contributed by atoms with Gasteiger partial charge < -0.3 is 14.6 Å². The monoisotopic (exact) mass is 384 g/mol. The van der Waals surface area contributed by atoms with E-state index in [0.717, 1.165) is 29.4 Å². The molecule has 1 N–H and O–H groups in total. The maximum absolute atomic E-state index is 13.0. The fourth-order valence-corrected chi connectivity index (χ4v) is 4.27. The number of methoxy groups -OCH3 is 1. The van der Waals surface area contributed by atoms with Crippen LogP contribution in [0.15, 0.2) is 36.4 Å². The molecule has 3 rings (SSSR count). The minimum absolute atomic E-state index is 0.132. The summed E-state index contributed by atoms with van der Waals surface area (Å²) in [5.41, 5.74) is -1.14. The highest BCUT2D eigenvalue weighted by molar-refractivity contribution is 5.87. The van der Waals surface area contributed by atoms with E-state index in [9.17, 15) is 9.90 Å². The third-order valence-electron chi connectivity index (χ3n) is 6.23. The zero-order chi connectivity index (χ0) is 20.5. The maximum Gasteiger partial charge on any atom is 0.342 e. The van der Waals surface area contributed by atoms with E-state index in [-0.39, 0.29) is 6.10 Å². The van der Waals surface area contributed by atoms with Crippen molar-refractivity contribution in [1.29, 1.82) is 0 Å². The molecule has 152 valence electrons. The van der Waals surface area contributed by atoms with Crippen molar-refractivity contribution in [2.75, 3.05) is 7.11 Å². The van der Waals surface area contributed by atoms with Crippen LogP contribution in [0, 0.1) is 17.8 Å². The molecule has 0 spiro atoms. The lowest BCUT2D eigenvalue weighted by atomic mass is 9.75. The third kappa shape index (κ3) is 4.17. The van der Waals surface area contributed by atoms with Crippen LogP contribution in [0.25, 0.3) is 10.8 Å². The second-order valence-electron chi connectivity index (χ2n) is 8.77. The lowest BCUT2D eigenvalue weighted by Crippen LogP contribution is -2.42. The van der Waals surface area contributed by atoms with Crippen molar-refractivity contribution >= 4 is 16.7 Å². The zero-order valence-electron chi connectivity index (χ0n) is 17.6. The number of benzene rings is 2. The van der Waals surface area contributed by atoms with Gasteiger partial charge >= 0.3 is 5.97 Å². The van der Waals surface area contributed by atoms with Crippen LogP contribution >= 0.6 is 0 Å². The van der Waals surface area contributed by atoms with Gasteiger partial charge in [0.05, 0.1) is 7.11 Å². The van der Waals surface area contributed by atoms with Gasteiger partial charge in [-0.25, -0.2) is 4.79 Å². The Morgan fingerprint density at radius 2 is 1.82 bits per heavy atom. The molecule has 4 atom stereocenters. The average molecular weight is 385 g/mol. The Balaban J connectivity index is 1.82. The lowest BCUT2D eigenvalue weighted by Gasteiger charge is -2.38. The normalized spacial score (nSPS) is 24.8. The lowest BCUT2D eigenvalue weighted by molar-refractivity contribution is -0.177. The van der Waals surface area contributed by atoms with Crippen LogP contribution in [0.4, 0.5) is 0 Å². The molecule has 28 heavy (non-hydrogen) atoms. The van der Waals surface area contributed by atoms with Crippen LogP contribution in [0.2, 0.25) is 0 Å². The number of rotatable bonds is 5. The number of carbonyl (C=O) groups excluding carboxylic acids is 1. The van der Waals surface area contributed by atoms with E-state index in [1.165, 1.54) is 13.3 Å². The second-order valence-corrected chi connectivity index (χ2v) is 8.77. The van der Waals surface area contributed by atoms with Crippen molar-refractivity contribution in [1.82, 2.24) is 0 Å². The number of fused-ring (bicyclic) bond motifs is 1. The second kappa shape index (κ2) is 8.12. The van der Waals surface area contributed by atoms with Crippen LogP contribution in [-0.2, 0) is 15.1 Å². The molecule has 0 unspecified atom stereocenters. The van der Waals surface area contributed by atoms with Gasteiger partial charge in [0.2, 0.25) is 0 Å². The molecular formula is C24H32O4. The first-order chi connectivity index (χ1) is 13.2. The summed E-state index contributed by atoms with van der Waals surface area (Å²) in [6.07, 6.45) is 2.97. The Morgan fingerprint density at radius 3 is 2.50 bits per heavy atom. The van der Waals surface area contributed by atoms with Gasteiger partial charge in [0.15, 0.2) is 5.60 Å². The summed E-state index contributed by atoms with van der Waals surface area (Å²) in [5, 5.41) is 13.0. The predicted molar refractivity (Wildman–Crippen MR) is 111 cm³/mol. The number of esters is 1. The predicted octanol–water partition coefficient (Wildman–Crippen LogP) is 5.06. The van der Waals surface area contributed by atoms with Gasteiger partial charge in [-0.15, -0.1) is 0 Å². The van der Waals surface area contributed by atoms with Crippen LogP contribution in [0.1, 0.15) is 52.5 Å². The molecule has 0 saturated heterocycles. The van der Waals surface area contributed by atoms with Crippen LogP contribution in [0.3, 0.4) is 0 Å². The van der Waals surface area contributed by atoms with Crippen LogP contribution in [-0.4, -0.2) is 24.3 Å². The Bertz CT molecular complexity index is 840. The van der Waals surface area contributed by atoms with Gasteiger partial charge in [-0.05, 0) is 72.1 Å². The van der Waals surface area contributed by atoms with Crippen LogP contribution < -0.4 is 4.74 Å². The maximum atomic E-state index is 13.0. The summed E-state index contributed by atoms with van der Waals surface area (Å²) < 4.78 is 11.2. The zero-order valence-corrected chi connectivity index (χ0v) is 17.6. The van der Waals surface area contributed by atoms with Crippen molar-refractivity contribution in [3.63, 3.8) is 0 Å². The molecule has 2 aromatic carbocycles. The van der Waals surface area contributed by atoms with E-state index in [0.29, 0.717) is 23.3 Å². The van der Waals surface area contributed by atoms with E-state index in [1.54, 1.807) is 13.2 Å². The summed E-state index contributed by atoms with van der Waals surface area (Å²) in [4.78, 5) is 13.0. The standard InChI is InChI=1S/C24H32O4/c1-15(2)21-11-6-16(3)12-22(21)28-23(25)24(4,26)19-9-7-18-14-20(27-5)10-8-17(18)13-19/h7-10,13-16,21-22,26H,6,11-12H2,1-5H3/t16-,21-,22+,24+/m0/s1. The van der Waals surface area contributed by atoms with Crippen molar-refractivity contribution in [3.8, 4) is 5.75 Å². The molecule has 0 heterocycles. The minimum atomic E-state index is -1.68. The van der Waals surface area contributed by atoms with Crippen molar-refractivity contribution < 1.29 is 19.4 Å². The molecule has 1 saturated carbocycles. The molecule has 0 aliphatic heterocycles. The molecule has 1 aliphatic carbocycles. The summed E-state index contributed by atoms with van der Waals surface area (Å²) >= 11 is 0. The Kier molecular flexibility index (Phi) is 5.99. The summed E-state index contributed by atoms with van der Waals surface area (Å²) in [5.74, 6) is 1.54. The summed E-state index contributed by atoms with van der Waals surface area (Å²) in [6.45, 7) is 8.08. The number of carbonyl (C=O) groups is 1. The highest BCUT2D eigenvalue weighted by Crippen LogP contribution is 2.37. The molecule has 1 aliphatic rings. The quantitative estimate of drug-likeness (QED) is 0.732. The molecule has 0 amide bonds. The first-order valence-electron chi connectivity index (χ1n) is 10.2. The molecular weight excluding hydrogens is 352 g/mol. The molecule has 1 fully saturated rings. The van der Waals surface area contributed by atoms with E-state index >= 15 is 0 Å². The van der Waals surface area contributed by atoms with Crippen molar-refractivity contribution in [3.05, 3.63) is 42.0 Å². The van der Waals surface area contributed by atoms with E-state index in [4.69, 9.17) is 9.47 Å². The van der Waals surface area contributed by atoms with Gasteiger partial charge in [-0.2, -0.15) is 0 Å². The van der Waals surface area contributed by atoms with Crippen molar-refractivity contribution in [2.45, 2.75) is 58.7 Å². The van der Waals surface area contributed by atoms with Crippen molar-refractivity contribution in [2.24, 2.45) is 17.8 Å². The highest BCUT2D eigenvalue weighted by atomic mass is 16.6. The first-order valence-corrected chi connectivity index (χ1v) is 10.2. The van der Waals surface area contributed by atoms with Gasteiger partial charge in [-0.1, -0.05) is 45.4 Å². The van der Waals surface area contributed by atoms with E-state index in [1.807, 2.05) is 30.3 Å². The topological polar surface area (TPSA) is 55.8 Å². The fourth-order valence-electron chi connectivity index (χ4n) is 4.27. The molecule has 4 heteroatoms. The van der Waals surface area contributed by atoms with Gasteiger partial charge in [0.25, 0.3) is 0 Å². The fraction of sp³-hybridized carbons (Fsp3) is 0.542. The first kappa shape index (κ1) is 20.7. The molecule has 4 nitrogen and oxygen atoms in total. The Labute approximate surface area is 167 Å². The average Bonchev–Trinajstić information content (AvgIpc) is 2.66. The number of hydrogen-bond acceptors (Lipinski definition) is 4. The van der Waals surface area contributed by atoms with Gasteiger partial charge in [-0.3, -0.25) is 0 Å². The summed E-state index contributed by atoms with van der Waals surface area (Å²) in [6, 6.07) is 11.3. The minimum Gasteiger partial charge on any atom is -0.497 e. The SMILES string of the molecule is COc1ccc2cc([C@@](C)(O)C(=O)O[C@@H]3C[C@@H](C)CC[C@H]3C(C)C)ccc2c1. The molecule has 0 aromatic heterocycles. The molecule has 0 bridgehead atoms. The van der Waals surface area contributed by atoms with E-state index in [2.05, 4.69) is 20.8 Å². The van der Waals surface area contributed by atoms with E-state index < -0.39 is 11.6 Å². The number of aliphatic hydroxyl groups is 1. The third-order valence-corrected chi connectivity index (χ3v) is 6.23. The van der Waals surface area contributed by atoms with Crippen LogP contribution in [0.5, 0.6) is 5.75 Å². The molecule has 0 radical (unpaired) electrons. The Hall–Kier alpha value is -2.07. The van der Waals surface area contributed by atoms with Gasteiger partial charge in [0, 0.05) is 0 Å².